The second-order valence-electron chi connectivity index (χ2n) is 16.5. The molecule has 10 aromatic carbocycles. The molecule has 0 spiro atoms. The van der Waals surface area contributed by atoms with E-state index in [1.165, 1.54) is 32.6 Å². The lowest BCUT2D eigenvalue weighted by atomic mass is 10.0. The van der Waals surface area contributed by atoms with Crippen molar-refractivity contribution in [2.45, 2.75) is 0 Å². The molecule has 0 aliphatic heterocycles. The highest BCUT2D eigenvalue weighted by atomic mass is 16.3. The lowest BCUT2D eigenvalue weighted by Gasteiger charge is -2.27. The van der Waals surface area contributed by atoms with Crippen molar-refractivity contribution in [1.29, 1.82) is 0 Å². The van der Waals surface area contributed by atoms with Gasteiger partial charge < -0.3 is 18.5 Å². The van der Waals surface area contributed by atoms with E-state index in [2.05, 4.69) is 251 Å². The minimum absolute atomic E-state index is 0.843. The first-order chi connectivity index (χ1) is 31.8. The van der Waals surface area contributed by atoms with E-state index in [-0.39, 0.29) is 0 Å². The van der Waals surface area contributed by atoms with Crippen LogP contribution in [-0.2, 0) is 0 Å². The number of rotatable bonds is 7. The van der Waals surface area contributed by atoms with Gasteiger partial charge in [0.25, 0.3) is 0 Å². The molecule has 4 heteroatoms. The quantitative estimate of drug-likeness (QED) is 0.160. The van der Waals surface area contributed by atoms with Gasteiger partial charge in [0.15, 0.2) is 0 Å². The van der Waals surface area contributed by atoms with Gasteiger partial charge in [-0.2, -0.15) is 0 Å². The van der Waals surface area contributed by atoms with Crippen LogP contribution in [0.3, 0.4) is 0 Å². The van der Waals surface area contributed by atoms with Crippen LogP contribution in [0.1, 0.15) is 0 Å². The van der Waals surface area contributed by atoms with Crippen molar-refractivity contribution in [3.63, 3.8) is 0 Å². The van der Waals surface area contributed by atoms with Crippen molar-refractivity contribution in [3.05, 3.63) is 237 Å². The first-order valence-corrected chi connectivity index (χ1v) is 21.8. The zero-order chi connectivity index (χ0) is 42.1. The fourth-order valence-electron chi connectivity index (χ4n) is 10.1. The second kappa shape index (κ2) is 14.5. The summed E-state index contributed by atoms with van der Waals surface area (Å²) in [7, 11) is 0. The third kappa shape index (κ3) is 5.63. The molecule has 3 aromatic heterocycles. The summed E-state index contributed by atoms with van der Waals surface area (Å²) < 4.78 is 11.7. The average molecular weight is 818 g/mol. The van der Waals surface area contributed by atoms with Gasteiger partial charge in [0.2, 0.25) is 0 Å². The van der Waals surface area contributed by atoms with Crippen LogP contribution in [0.15, 0.2) is 241 Å². The molecule has 0 bridgehead atoms. The summed E-state index contributed by atoms with van der Waals surface area (Å²) >= 11 is 0. The Labute approximate surface area is 369 Å². The van der Waals surface area contributed by atoms with Crippen LogP contribution in [0.25, 0.3) is 99.2 Å². The first kappa shape index (κ1) is 36.1. The van der Waals surface area contributed by atoms with Crippen molar-refractivity contribution in [3.8, 4) is 33.6 Å². The van der Waals surface area contributed by atoms with E-state index in [0.29, 0.717) is 0 Å². The minimum atomic E-state index is 0.843. The summed E-state index contributed by atoms with van der Waals surface area (Å²) in [6.45, 7) is 0. The van der Waals surface area contributed by atoms with Crippen molar-refractivity contribution >= 4 is 82.6 Å². The fourth-order valence-corrected chi connectivity index (χ4v) is 10.1. The third-order valence-electron chi connectivity index (χ3n) is 12.9. The number of nitrogens with zero attached hydrogens (tertiary/aromatic N) is 3. The van der Waals surface area contributed by atoms with Crippen molar-refractivity contribution in [2.75, 3.05) is 4.90 Å². The number of fused-ring (bicyclic) bond motifs is 9. The van der Waals surface area contributed by atoms with Gasteiger partial charge in [-0.3, -0.25) is 0 Å². The lowest BCUT2D eigenvalue weighted by Crippen LogP contribution is -2.10. The third-order valence-corrected chi connectivity index (χ3v) is 12.9. The number of furan rings is 1. The van der Waals surface area contributed by atoms with Gasteiger partial charge in [-0.25, -0.2) is 0 Å². The Balaban J connectivity index is 1.04. The van der Waals surface area contributed by atoms with Gasteiger partial charge in [-0.1, -0.05) is 152 Å². The number of benzene rings is 10. The molecule has 4 nitrogen and oxygen atoms in total. The molecule has 13 aromatic rings. The molecule has 0 aliphatic rings. The summed E-state index contributed by atoms with van der Waals surface area (Å²) in [5.74, 6) is 0. The Bertz CT molecular complexity index is 3900. The maximum atomic E-state index is 6.89. The number of aromatic nitrogens is 2. The van der Waals surface area contributed by atoms with E-state index in [0.717, 1.165) is 83.7 Å². The molecule has 0 saturated carbocycles. The van der Waals surface area contributed by atoms with Crippen LogP contribution in [-0.4, -0.2) is 9.13 Å². The summed E-state index contributed by atoms with van der Waals surface area (Å²) in [4.78, 5) is 2.41. The number of hydrogen-bond acceptors (Lipinski definition) is 2. The van der Waals surface area contributed by atoms with E-state index < -0.39 is 0 Å². The Hall–Kier alpha value is -8.60. The van der Waals surface area contributed by atoms with E-state index in [4.69, 9.17) is 4.42 Å². The topological polar surface area (TPSA) is 26.2 Å². The van der Waals surface area contributed by atoms with Crippen LogP contribution >= 0.6 is 0 Å². The highest BCUT2D eigenvalue weighted by Crippen LogP contribution is 2.46. The molecule has 0 atom stereocenters. The second-order valence-corrected chi connectivity index (χ2v) is 16.5. The molecule has 0 saturated heterocycles. The highest BCUT2D eigenvalue weighted by Gasteiger charge is 2.23. The molecule has 0 N–H and O–H groups in total. The SMILES string of the molecule is c1ccc(-c2cccc3c2oc2cc(N(c4cccc(-c5ccc6c7ccccc7n(-c7ccccc7)c6c5)c4)c4cccc5c4c4ccccc4n5-c4ccccc4)ccc23)cc1. The predicted molar refractivity (Wildman–Crippen MR) is 268 cm³/mol. The molecule has 3 heterocycles. The number of para-hydroxylation sites is 5. The molecular formula is C60H39N3O. The molecule has 64 heavy (non-hydrogen) atoms. The zero-order valence-corrected chi connectivity index (χ0v) is 34.8. The first-order valence-electron chi connectivity index (χ1n) is 21.8. The van der Waals surface area contributed by atoms with Crippen LogP contribution < -0.4 is 4.90 Å². The fraction of sp³-hybridized carbons (Fsp3) is 0. The van der Waals surface area contributed by atoms with E-state index in [1.54, 1.807) is 0 Å². The van der Waals surface area contributed by atoms with Crippen LogP contribution in [0, 0.1) is 0 Å². The summed E-state index contributed by atoms with van der Waals surface area (Å²) in [5, 5.41) is 7.04. The molecule has 0 amide bonds. The Kier molecular flexibility index (Phi) is 8.18. The number of anilines is 3. The number of hydrogen-bond donors (Lipinski definition) is 0. The van der Waals surface area contributed by atoms with E-state index in [1.807, 2.05) is 0 Å². The van der Waals surface area contributed by atoms with Crippen LogP contribution in [0.5, 0.6) is 0 Å². The maximum absolute atomic E-state index is 6.89. The van der Waals surface area contributed by atoms with Gasteiger partial charge in [0.05, 0.1) is 27.8 Å². The van der Waals surface area contributed by atoms with E-state index >= 15 is 0 Å². The highest BCUT2D eigenvalue weighted by molar-refractivity contribution is 6.17. The van der Waals surface area contributed by atoms with Crippen LogP contribution in [0.4, 0.5) is 17.1 Å². The lowest BCUT2D eigenvalue weighted by molar-refractivity contribution is 0.670. The normalized spacial score (nSPS) is 11.8. The Morgan fingerprint density at radius 1 is 0.328 bits per heavy atom. The predicted octanol–water partition coefficient (Wildman–Crippen LogP) is 16.6. The van der Waals surface area contributed by atoms with Gasteiger partial charge in [0.1, 0.15) is 11.2 Å². The zero-order valence-electron chi connectivity index (χ0n) is 34.8. The minimum Gasteiger partial charge on any atom is -0.455 e. The van der Waals surface area contributed by atoms with Crippen molar-refractivity contribution in [2.24, 2.45) is 0 Å². The summed E-state index contributed by atoms with van der Waals surface area (Å²) in [6.07, 6.45) is 0. The maximum Gasteiger partial charge on any atom is 0.143 e. The standard InChI is InChI=1S/C60H39N3O/c1-4-17-40(18-5-1)47-27-15-28-51-50-36-34-46(39-58(50)64-60(47)51)61(55-31-16-32-56-59(55)52-26-11-13-30-54(52)62(56)43-20-6-2-7-21-43)45-24-14-19-41(37-45)42-33-35-49-48-25-10-12-29-53(48)63(57(49)38-42)44-22-8-3-9-23-44/h1-39H. The van der Waals surface area contributed by atoms with Gasteiger partial charge >= 0.3 is 0 Å². The smallest absolute Gasteiger partial charge is 0.143 e. The molecular weight excluding hydrogens is 779 g/mol. The van der Waals surface area contributed by atoms with Gasteiger partial charge in [-0.15, -0.1) is 0 Å². The van der Waals surface area contributed by atoms with Crippen LogP contribution in [0.2, 0.25) is 0 Å². The largest absolute Gasteiger partial charge is 0.455 e. The van der Waals surface area contributed by atoms with Gasteiger partial charge in [-0.05, 0) is 95.6 Å². The van der Waals surface area contributed by atoms with E-state index in [9.17, 15) is 0 Å². The molecule has 0 fully saturated rings. The molecule has 0 unspecified atom stereocenters. The van der Waals surface area contributed by atoms with Crippen molar-refractivity contribution < 1.29 is 4.42 Å². The summed E-state index contributed by atoms with van der Waals surface area (Å²) in [5.41, 5.74) is 16.3. The molecule has 0 radical (unpaired) electrons. The molecule has 300 valence electrons. The average Bonchev–Trinajstić information content (AvgIpc) is 4.02. The summed E-state index contributed by atoms with van der Waals surface area (Å²) in [6, 6.07) is 85.1. The molecule has 13 rings (SSSR count). The Morgan fingerprint density at radius 3 is 1.66 bits per heavy atom. The van der Waals surface area contributed by atoms with Crippen molar-refractivity contribution in [1.82, 2.24) is 9.13 Å². The monoisotopic (exact) mass is 817 g/mol. The van der Waals surface area contributed by atoms with Gasteiger partial charge in [0, 0.05) is 66.7 Å². The Morgan fingerprint density at radius 2 is 0.875 bits per heavy atom. The molecule has 0 aliphatic carbocycles.